The highest BCUT2D eigenvalue weighted by Crippen LogP contribution is 2.16. The van der Waals surface area contributed by atoms with Gasteiger partial charge < -0.3 is 4.74 Å². The molecule has 0 radical (unpaired) electrons. The third kappa shape index (κ3) is 3.95. The highest BCUT2D eigenvalue weighted by atomic mass is 16.6. The van der Waals surface area contributed by atoms with E-state index in [0.717, 1.165) is 6.07 Å². The highest BCUT2D eigenvalue weighted by Gasteiger charge is 2.15. The van der Waals surface area contributed by atoms with Crippen molar-refractivity contribution < 1.29 is 19.2 Å². The zero-order chi connectivity index (χ0) is 14.4. The average Bonchev–Trinajstić information content (AvgIpc) is 2.36. The summed E-state index contributed by atoms with van der Waals surface area (Å²) < 4.78 is 4.55. The molecular weight excluding hydrogens is 254 g/mol. The number of nitro groups is 1. The maximum Gasteiger partial charge on any atom is 0.426 e. The van der Waals surface area contributed by atoms with Crippen molar-refractivity contribution in [2.75, 3.05) is 6.61 Å². The van der Waals surface area contributed by atoms with E-state index in [-0.39, 0.29) is 17.9 Å². The van der Waals surface area contributed by atoms with Gasteiger partial charge in [0, 0.05) is 12.1 Å². The average molecular weight is 267 g/mol. The van der Waals surface area contributed by atoms with Crippen LogP contribution in [0.3, 0.4) is 0 Å². The molecule has 1 rings (SSSR count). The lowest BCUT2D eigenvalue weighted by atomic mass is 10.1. The lowest BCUT2D eigenvalue weighted by molar-refractivity contribution is -0.384. The van der Waals surface area contributed by atoms with Crippen LogP contribution >= 0.6 is 0 Å². The molecule has 0 heterocycles. The Labute approximate surface area is 108 Å². The van der Waals surface area contributed by atoms with E-state index in [1.165, 1.54) is 12.1 Å². The molecule has 8 heteroatoms. The van der Waals surface area contributed by atoms with Crippen molar-refractivity contribution in [3.05, 3.63) is 39.4 Å². The van der Waals surface area contributed by atoms with Crippen molar-refractivity contribution in [2.45, 2.75) is 13.8 Å². The van der Waals surface area contributed by atoms with Gasteiger partial charge in [-0.1, -0.05) is 6.07 Å². The van der Waals surface area contributed by atoms with E-state index < -0.39 is 16.9 Å². The maximum atomic E-state index is 11.7. The van der Waals surface area contributed by atoms with Crippen LogP contribution in [0.5, 0.6) is 0 Å². The molecule has 2 N–H and O–H groups in total. The Kier molecular flexibility index (Phi) is 4.81. The number of hydrogen-bond acceptors (Lipinski definition) is 5. The minimum atomic E-state index is -0.807. The lowest BCUT2D eigenvalue weighted by Crippen LogP contribution is -2.42. The molecule has 0 aliphatic rings. The van der Waals surface area contributed by atoms with Crippen molar-refractivity contribution in [1.82, 2.24) is 10.9 Å². The number of hydrazine groups is 1. The van der Waals surface area contributed by atoms with Crippen LogP contribution < -0.4 is 10.9 Å². The van der Waals surface area contributed by atoms with Crippen LogP contribution in [0, 0.1) is 17.0 Å². The maximum absolute atomic E-state index is 11.7. The van der Waals surface area contributed by atoms with Crippen molar-refractivity contribution >= 4 is 17.7 Å². The van der Waals surface area contributed by atoms with E-state index in [0.29, 0.717) is 5.56 Å². The van der Waals surface area contributed by atoms with Crippen molar-refractivity contribution in [3.8, 4) is 0 Å². The topological polar surface area (TPSA) is 111 Å². The Bertz CT molecular complexity index is 515. The van der Waals surface area contributed by atoms with E-state index in [9.17, 15) is 19.7 Å². The van der Waals surface area contributed by atoms with Crippen LogP contribution in [0.1, 0.15) is 22.8 Å². The molecule has 2 amide bonds. The van der Waals surface area contributed by atoms with E-state index in [4.69, 9.17) is 0 Å². The summed E-state index contributed by atoms with van der Waals surface area (Å²) in [5.74, 6) is -0.658. The number of nitrogens with zero attached hydrogens (tertiary/aromatic N) is 1. The number of hydrogen-bond donors (Lipinski definition) is 2. The molecule has 0 aliphatic carbocycles. The first-order valence-corrected chi connectivity index (χ1v) is 5.43. The summed E-state index contributed by atoms with van der Waals surface area (Å²) in [4.78, 5) is 32.7. The van der Waals surface area contributed by atoms with Gasteiger partial charge in [0.25, 0.3) is 11.6 Å². The summed E-state index contributed by atoms with van der Waals surface area (Å²) >= 11 is 0. The number of aryl methyl sites for hydroxylation is 1. The van der Waals surface area contributed by atoms with Gasteiger partial charge in [-0.2, -0.15) is 0 Å². The van der Waals surface area contributed by atoms with Gasteiger partial charge in [0.1, 0.15) is 0 Å². The van der Waals surface area contributed by atoms with E-state index >= 15 is 0 Å². The molecular formula is C11H13N3O5. The number of carbonyl (C=O) groups is 2. The largest absolute Gasteiger partial charge is 0.449 e. The molecule has 0 unspecified atom stereocenters. The van der Waals surface area contributed by atoms with E-state index in [1.54, 1.807) is 13.8 Å². The number of nitro benzene ring substituents is 1. The van der Waals surface area contributed by atoms with Crippen LogP contribution in [0.2, 0.25) is 0 Å². The molecule has 102 valence electrons. The van der Waals surface area contributed by atoms with E-state index in [2.05, 4.69) is 10.2 Å². The quantitative estimate of drug-likeness (QED) is 0.633. The molecule has 19 heavy (non-hydrogen) atoms. The third-order valence-electron chi connectivity index (χ3n) is 2.23. The molecule has 0 saturated carbocycles. The molecule has 0 spiro atoms. The minimum absolute atomic E-state index is 0.103. The van der Waals surface area contributed by atoms with Gasteiger partial charge >= 0.3 is 6.09 Å². The van der Waals surface area contributed by atoms with Crippen LogP contribution in [0.15, 0.2) is 18.2 Å². The first kappa shape index (κ1) is 14.4. The van der Waals surface area contributed by atoms with Gasteiger partial charge in [-0.3, -0.25) is 20.3 Å². The Morgan fingerprint density at radius 3 is 2.63 bits per heavy atom. The number of benzene rings is 1. The smallest absolute Gasteiger partial charge is 0.426 e. The number of carbonyl (C=O) groups excluding carboxylic acids is 2. The third-order valence-corrected chi connectivity index (χ3v) is 2.23. The molecule has 0 aromatic heterocycles. The van der Waals surface area contributed by atoms with Gasteiger partial charge in [0.2, 0.25) is 0 Å². The van der Waals surface area contributed by atoms with Crippen molar-refractivity contribution in [2.24, 2.45) is 0 Å². The summed E-state index contributed by atoms with van der Waals surface area (Å²) in [6.07, 6.45) is -0.807. The highest BCUT2D eigenvalue weighted by molar-refractivity contribution is 5.96. The second-order valence-electron chi connectivity index (χ2n) is 3.56. The molecule has 8 nitrogen and oxygen atoms in total. The number of nitrogens with one attached hydrogen (secondary N) is 2. The SMILES string of the molecule is CCOC(=O)NNC(=O)c1cc([N+](=O)[O-])ccc1C. The Morgan fingerprint density at radius 2 is 2.05 bits per heavy atom. The Morgan fingerprint density at radius 1 is 1.37 bits per heavy atom. The molecule has 0 saturated heterocycles. The molecule has 1 aromatic carbocycles. The van der Waals surface area contributed by atoms with Crippen LogP contribution in [0.25, 0.3) is 0 Å². The summed E-state index contributed by atoms with van der Waals surface area (Å²) in [5, 5.41) is 10.6. The number of rotatable bonds is 3. The lowest BCUT2D eigenvalue weighted by Gasteiger charge is -2.08. The summed E-state index contributed by atoms with van der Waals surface area (Å²) in [5.41, 5.74) is 4.58. The Hall–Kier alpha value is -2.64. The summed E-state index contributed by atoms with van der Waals surface area (Å²) in [7, 11) is 0. The fourth-order valence-electron chi connectivity index (χ4n) is 1.31. The monoisotopic (exact) mass is 267 g/mol. The predicted molar refractivity (Wildman–Crippen MR) is 65.5 cm³/mol. The van der Waals surface area contributed by atoms with Crippen molar-refractivity contribution in [3.63, 3.8) is 0 Å². The van der Waals surface area contributed by atoms with Crippen LogP contribution in [-0.2, 0) is 4.74 Å². The molecule has 0 atom stereocenters. The first-order chi connectivity index (χ1) is 8.95. The second-order valence-corrected chi connectivity index (χ2v) is 3.56. The molecule has 0 aliphatic heterocycles. The number of amides is 2. The fraction of sp³-hybridized carbons (Fsp3) is 0.273. The summed E-state index contributed by atoms with van der Waals surface area (Å²) in [6, 6.07) is 3.89. The number of ether oxygens (including phenoxy) is 1. The Balaban J connectivity index is 2.79. The zero-order valence-electron chi connectivity index (χ0n) is 10.4. The number of non-ortho nitro benzene ring substituents is 1. The summed E-state index contributed by atoms with van der Waals surface area (Å²) in [6.45, 7) is 3.41. The van der Waals surface area contributed by atoms with Crippen LogP contribution in [-0.4, -0.2) is 23.5 Å². The van der Waals surface area contributed by atoms with Crippen molar-refractivity contribution in [1.29, 1.82) is 0 Å². The standard InChI is InChI=1S/C11H13N3O5/c1-3-19-11(16)13-12-10(15)9-6-8(14(17)18)5-4-7(9)2/h4-6H,3H2,1-2H3,(H,12,15)(H,13,16). The fourth-order valence-corrected chi connectivity index (χ4v) is 1.31. The van der Waals surface area contributed by atoms with Gasteiger partial charge in [-0.05, 0) is 19.4 Å². The predicted octanol–water partition coefficient (Wildman–Crippen LogP) is 1.29. The van der Waals surface area contributed by atoms with Gasteiger partial charge in [-0.25, -0.2) is 10.2 Å². The first-order valence-electron chi connectivity index (χ1n) is 5.43. The van der Waals surface area contributed by atoms with Gasteiger partial charge in [-0.15, -0.1) is 0 Å². The zero-order valence-corrected chi connectivity index (χ0v) is 10.4. The van der Waals surface area contributed by atoms with E-state index in [1.807, 2.05) is 5.43 Å². The van der Waals surface area contributed by atoms with Crippen LogP contribution in [0.4, 0.5) is 10.5 Å². The second kappa shape index (κ2) is 6.34. The minimum Gasteiger partial charge on any atom is -0.449 e. The molecule has 0 fully saturated rings. The van der Waals surface area contributed by atoms with Gasteiger partial charge in [0.05, 0.1) is 17.1 Å². The molecule has 1 aromatic rings. The van der Waals surface area contributed by atoms with Gasteiger partial charge in [0.15, 0.2) is 0 Å². The normalized spacial score (nSPS) is 9.58. The molecule has 0 bridgehead atoms.